The number of rotatable bonds is 4. The predicted octanol–water partition coefficient (Wildman–Crippen LogP) is 3.19. The average molecular weight is 367 g/mol. The minimum atomic E-state index is -3.58. The first kappa shape index (κ1) is 17.2. The highest BCUT2D eigenvalue weighted by molar-refractivity contribution is 7.89. The Hall–Kier alpha value is -1.63. The molecule has 0 aliphatic carbocycles. The SMILES string of the molecule is Cc1cccc(O[C@H]2CCN(S(=O)(=O)c3cc(Cl)ccc3C)C2)n1. The molecule has 2 aromatic rings. The standard InChI is InChI=1S/C17H19ClN2O3S/c1-12-6-7-14(18)10-16(12)24(21,22)20-9-8-15(11-20)23-17-5-3-4-13(2)19-17/h3-7,10,15H,8-9,11H2,1-2H3/t15-/m0/s1. The molecular formula is C17H19ClN2O3S. The molecule has 0 spiro atoms. The van der Waals surface area contributed by atoms with Gasteiger partial charge < -0.3 is 4.74 Å². The van der Waals surface area contributed by atoms with Crippen LogP contribution in [0.4, 0.5) is 0 Å². The second-order valence-electron chi connectivity index (χ2n) is 5.92. The Balaban J connectivity index is 1.76. The van der Waals surface area contributed by atoms with Crippen molar-refractivity contribution in [3.05, 3.63) is 52.7 Å². The highest BCUT2D eigenvalue weighted by atomic mass is 35.5. The number of benzene rings is 1. The summed E-state index contributed by atoms with van der Waals surface area (Å²) in [6.45, 7) is 4.39. The van der Waals surface area contributed by atoms with E-state index in [0.29, 0.717) is 36.0 Å². The summed E-state index contributed by atoms with van der Waals surface area (Å²) in [6, 6.07) is 10.5. The zero-order valence-electron chi connectivity index (χ0n) is 13.6. The van der Waals surface area contributed by atoms with Gasteiger partial charge >= 0.3 is 0 Å². The molecule has 24 heavy (non-hydrogen) atoms. The predicted molar refractivity (Wildman–Crippen MR) is 93.0 cm³/mol. The van der Waals surface area contributed by atoms with Crippen LogP contribution in [-0.4, -0.2) is 36.9 Å². The number of pyridine rings is 1. The van der Waals surface area contributed by atoms with E-state index in [1.807, 2.05) is 19.1 Å². The van der Waals surface area contributed by atoms with Gasteiger partial charge in [-0.15, -0.1) is 0 Å². The molecule has 7 heteroatoms. The third-order valence-corrected chi connectivity index (χ3v) is 6.27. The lowest BCUT2D eigenvalue weighted by Gasteiger charge is -2.18. The van der Waals surface area contributed by atoms with Crippen LogP contribution in [0.2, 0.25) is 5.02 Å². The number of hydrogen-bond acceptors (Lipinski definition) is 4. The molecule has 3 rings (SSSR count). The Morgan fingerprint density at radius 2 is 2.04 bits per heavy atom. The summed E-state index contributed by atoms with van der Waals surface area (Å²) in [4.78, 5) is 4.55. The Bertz CT molecular complexity index is 855. The molecule has 0 amide bonds. The van der Waals surface area contributed by atoms with Gasteiger partial charge in [0.1, 0.15) is 6.10 Å². The molecule has 0 unspecified atom stereocenters. The van der Waals surface area contributed by atoms with Gasteiger partial charge in [0.15, 0.2) is 0 Å². The monoisotopic (exact) mass is 366 g/mol. The van der Waals surface area contributed by atoms with E-state index in [1.54, 1.807) is 25.1 Å². The van der Waals surface area contributed by atoms with E-state index in [2.05, 4.69) is 4.98 Å². The lowest BCUT2D eigenvalue weighted by Crippen LogP contribution is -2.31. The van der Waals surface area contributed by atoms with Gasteiger partial charge in [-0.05, 0) is 44.0 Å². The van der Waals surface area contributed by atoms with E-state index in [4.69, 9.17) is 16.3 Å². The molecule has 1 aliphatic rings. The van der Waals surface area contributed by atoms with Crippen LogP contribution in [0.15, 0.2) is 41.3 Å². The maximum Gasteiger partial charge on any atom is 0.243 e. The smallest absolute Gasteiger partial charge is 0.243 e. The molecule has 5 nitrogen and oxygen atoms in total. The topological polar surface area (TPSA) is 59.5 Å². The molecule has 1 fully saturated rings. The van der Waals surface area contributed by atoms with E-state index in [-0.39, 0.29) is 11.0 Å². The number of hydrogen-bond donors (Lipinski definition) is 0. The van der Waals surface area contributed by atoms with Gasteiger partial charge in [0.05, 0.1) is 11.4 Å². The fourth-order valence-electron chi connectivity index (χ4n) is 2.76. The zero-order chi connectivity index (χ0) is 17.3. The van der Waals surface area contributed by atoms with Crippen molar-refractivity contribution in [1.82, 2.24) is 9.29 Å². The van der Waals surface area contributed by atoms with E-state index in [1.165, 1.54) is 10.4 Å². The Morgan fingerprint density at radius 3 is 2.79 bits per heavy atom. The number of aryl methyl sites for hydroxylation is 2. The van der Waals surface area contributed by atoms with Crippen molar-refractivity contribution >= 4 is 21.6 Å². The first-order valence-electron chi connectivity index (χ1n) is 7.73. The minimum Gasteiger partial charge on any atom is -0.473 e. The summed E-state index contributed by atoms with van der Waals surface area (Å²) in [6.07, 6.45) is 0.433. The highest BCUT2D eigenvalue weighted by Crippen LogP contribution is 2.27. The van der Waals surface area contributed by atoms with Gasteiger partial charge in [-0.1, -0.05) is 23.7 Å². The second-order valence-corrected chi connectivity index (χ2v) is 8.26. The Morgan fingerprint density at radius 1 is 1.25 bits per heavy atom. The normalized spacial score (nSPS) is 18.7. The third kappa shape index (κ3) is 3.55. The fraction of sp³-hybridized carbons (Fsp3) is 0.353. The summed E-state index contributed by atoms with van der Waals surface area (Å²) in [5, 5.41) is 0.412. The third-order valence-electron chi connectivity index (χ3n) is 4.03. The van der Waals surface area contributed by atoms with Gasteiger partial charge in [-0.3, -0.25) is 0 Å². The lowest BCUT2D eigenvalue weighted by atomic mass is 10.2. The van der Waals surface area contributed by atoms with Crippen molar-refractivity contribution in [1.29, 1.82) is 0 Å². The van der Waals surface area contributed by atoms with Gasteiger partial charge in [0.2, 0.25) is 15.9 Å². The van der Waals surface area contributed by atoms with E-state index < -0.39 is 10.0 Å². The molecule has 0 radical (unpaired) electrons. The van der Waals surface area contributed by atoms with Gasteiger partial charge in [0, 0.05) is 23.3 Å². The van der Waals surface area contributed by atoms with Crippen LogP contribution in [0.3, 0.4) is 0 Å². The number of aromatic nitrogens is 1. The Labute approximate surface area is 147 Å². The largest absolute Gasteiger partial charge is 0.473 e. The molecular weight excluding hydrogens is 348 g/mol. The van der Waals surface area contributed by atoms with Crippen LogP contribution in [0.1, 0.15) is 17.7 Å². The van der Waals surface area contributed by atoms with Gasteiger partial charge in [0.25, 0.3) is 0 Å². The van der Waals surface area contributed by atoms with Crippen molar-refractivity contribution in [2.45, 2.75) is 31.3 Å². The summed E-state index contributed by atoms with van der Waals surface area (Å²) in [5.41, 5.74) is 1.55. The highest BCUT2D eigenvalue weighted by Gasteiger charge is 2.34. The van der Waals surface area contributed by atoms with Crippen molar-refractivity contribution < 1.29 is 13.2 Å². The fourth-order valence-corrected chi connectivity index (χ4v) is 4.73. The van der Waals surface area contributed by atoms with E-state index in [0.717, 1.165) is 5.69 Å². The first-order valence-corrected chi connectivity index (χ1v) is 9.55. The number of nitrogens with zero attached hydrogens (tertiary/aromatic N) is 2. The molecule has 1 aromatic carbocycles. The molecule has 1 saturated heterocycles. The average Bonchev–Trinajstić information content (AvgIpc) is 2.99. The first-order chi connectivity index (χ1) is 11.4. The summed E-state index contributed by atoms with van der Waals surface area (Å²) in [5.74, 6) is 0.526. The maximum atomic E-state index is 12.9. The Kier molecular flexibility index (Phi) is 4.80. The summed E-state index contributed by atoms with van der Waals surface area (Å²) < 4.78 is 33.0. The summed E-state index contributed by atoms with van der Waals surface area (Å²) in [7, 11) is -3.58. The number of halogens is 1. The molecule has 1 atom stereocenters. The van der Waals surface area contributed by atoms with Gasteiger partial charge in [-0.25, -0.2) is 13.4 Å². The molecule has 0 saturated carbocycles. The van der Waals surface area contributed by atoms with Crippen LogP contribution in [-0.2, 0) is 10.0 Å². The maximum absolute atomic E-state index is 12.9. The quantitative estimate of drug-likeness (QED) is 0.833. The molecule has 1 aromatic heterocycles. The lowest BCUT2D eigenvalue weighted by molar-refractivity contribution is 0.206. The van der Waals surface area contributed by atoms with Crippen LogP contribution in [0.25, 0.3) is 0 Å². The van der Waals surface area contributed by atoms with Crippen LogP contribution in [0.5, 0.6) is 5.88 Å². The van der Waals surface area contributed by atoms with Crippen LogP contribution >= 0.6 is 11.6 Å². The molecule has 0 N–H and O–H groups in total. The molecule has 0 bridgehead atoms. The van der Waals surface area contributed by atoms with E-state index >= 15 is 0 Å². The molecule has 1 aliphatic heterocycles. The van der Waals surface area contributed by atoms with Crippen LogP contribution < -0.4 is 4.74 Å². The van der Waals surface area contributed by atoms with Crippen LogP contribution in [0, 0.1) is 13.8 Å². The second kappa shape index (κ2) is 6.70. The molecule has 128 valence electrons. The summed E-state index contributed by atoms with van der Waals surface area (Å²) >= 11 is 5.96. The van der Waals surface area contributed by atoms with E-state index in [9.17, 15) is 8.42 Å². The zero-order valence-corrected chi connectivity index (χ0v) is 15.1. The minimum absolute atomic E-state index is 0.200. The molecule has 2 heterocycles. The van der Waals surface area contributed by atoms with Crippen molar-refractivity contribution in [3.63, 3.8) is 0 Å². The van der Waals surface area contributed by atoms with Crippen molar-refractivity contribution in [2.75, 3.05) is 13.1 Å². The number of ether oxygens (including phenoxy) is 1. The van der Waals surface area contributed by atoms with Crippen molar-refractivity contribution in [2.24, 2.45) is 0 Å². The number of sulfonamides is 1. The van der Waals surface area contributed by atoms with Crippen molar-refractivity contribution in [3.8, 4) is 5.88 Å². The van der Waals surface area contributed by atoms with Gasteiger partial charge in [-0.2, -0.15) is 4.31 Å².